The van der Waals surface area contributed by atoms with Gasteiger partial charge in [-0.15, -0.1) is 0 Å². The van der Waals surface area contributed by atoms with E-state index in [2.05, 4.69) is 93.6 Å². The van der Waals surface area contributed by atoms with Gasteiger partial charge in [0.1, 0.15) is 0 Å². The lowest BCUT2D eigenvalue weighted by Gasteiger charge is -2.30. The lowest BCUT2D eigenvalue weighted by Crippen LogP contribution is -2.18. The molecule has 2 aromatic rings. The highest BCUT2D eigenvalue weighted by atomic mass is 32.2. The molecule has 0 aromatic heterocycles. The minimum atomic E-state index is 0.223. The van der Waals surface area contributed by atoms with E-state index in [1.165, 1.54) is 20.9 Å². The first kappa shape index (κ1) is 15.2. The molecule has 112 valence electrons. The standard InChI is InChI=1S/C21H22S/c1-21(2,3)18-14-19(16-10-6-4-7-11-16)22-20(15-18)17-12-8-5-9-13-17/h4-15,18H,1-3H3. The van der Waals surface area contributed by atoms with Crippen LogP contribution >= 0.6 is 11.8 Å². The Kier molecular flexibility index (Phi) is 4.26. The molecule has 0 bridgehead atoms. The highest BCUT2D eigenvalue weighted by Gasteiger charge is 2.26. The van der Waals surface area contributed by atoms with Gasteiger partial charge in [0.15, 0.2) is 0 Å². The van der Waals surface area contributed by atoms with Gasteiger partial charge in [-0.25, -0.2) is 0 Å². The molecule has 0 unspecified atom stereocenters. The van der Waals surface area contributed by atoms with Crippen LogP contribution in [0, 0.1) is 11.3 Å². The van der Waals surface area contributed by atoms with Gasteiger partial charge in [-0.1, -0.05) is 105 Å². The highest BCUT2D eigenvalue weighted by molar-refractivity contribution is 8.16. The summed E-state index contributed by atoms with van der Waals surface area (Å²) in [6, 6.07) is 21.4. The molecule has 22 heavy (non-hydrogen) atoms. The molecule has 0 aliphatic carbocycles. The van der Waals surface area contributed by atoms with Gasteiger partial charge in [0, 0.05) is 15.7 Å². The van der Waals surface area contributed by atoms with Crippen LogP contribution in [0.15, 0.2) is 72.8 Å². The van der Waals surface area contributed by atoms with Crippen molar-refractivity contribution in [1.82, 2.24) is 0 Å². The fourth-order valence-electron chi connectivity index (χ4n) is 2.58. The summed E-state index contributed by atoms with van der Waals surface area (Å²) < 4.78 is 0. The van der Waals surface area contributed by atoms with Gasteiger partial charge in [0.05, 0.1) is 0 Å². The molecule has 0 saturated heterocycles. The van der Waals surface area contributed by atoms with Crippen molar-refractivity contribution in [1.29, 1.82) is 0 Å². The predicted molar refractivity (Wildman–Crippen MR) is 99.4 cm³/mol. The zero-order chi connectivity index (χ0) is 15.6. The normalized spacial score (nSPS) is 16.1. The minimum Gasteiger partial charge on any atom is -0.0895 e. The Morgan fingerprint density at radius 1 is 0.682 bits per heavy atom. The van der Waals surface area contributed by atoms with E-state index in [1.54, 1.807) is 0 Å². The lowest BCUT2D eigenvalue weighted by atomic mass is 9.79. The molecule has 1 heterocycles. The number of benzene rings is 2. The zero-order valence-corrected chi connectivity index (χ0v) is 14.2. The average molecular weight is 306 g/mol. The fourth-order valence-corrected chi connectivity index (χ4v) is 3.75. The second-order valence-corrected chi connectivity index (χ2v) is 7.87. The molecule has 1 heteroatoms. The van der Waals surface area contributed by atoms with Crippen LogP contribution in [-0.4, -0.2) is 0 Å². The van der Waals surface area contributed by atoms with E-state index in [9.17, 15) is 0 Å². The predicted octanol–water partition coefficient (Wildman–Crippen LogP) is 6.48. The number of hydrogen-bond acceptors (Lipinski definition) is 1. The topological polar surface area (TPSA) is 0 Å². The molecular weight excluding hydrogens is 284 g/mol. The third kappa shape index (κ3) is 3.36. The quantitative estimate of drug-likeness (QED) is 0.612. The van der Waals surface area contributed by atoms with Crippen molar-refractivity contribution in [3.05, 3.63) is 83.9 Å². The van der Waals surface area contributed by atoms with Gasteiger partial charge < -0.3 is 0 Å². The van der Waals surface area contributed by atoms with E-state index in [-0.39, 0.29) is 5.41 Å². The van der Waals surface area contributed by atoms with Crippen molar-refractivity contribution in [3.63, 3.8) is 0 Å². The number of hydrogen-bond donors (Lipinski definition) is 0. The maximum atomic E-state index is 2.42. The van der Waals surface area contributed by atoms with Crippen molar-refractivity contribution in [2.45, 2.75) is 20.8 Å². The molecule has 0 atom stereocenters. The Morgan fingerprint density at radius 2 is 1.09 bits per heavy atom. The maximum Gasteiger partial charge on any atom is 0.0161 e. The Balaban J connectivity index is 2.02. The van der Waals surface area contributed by atoms with Crippen LogP contribution in [0.4, 0.5) is 0 Å². The van der Waals surface area contributed by atoms with Crippen molar-refractivity contribution >= 4 is 21.6 Å². The van der Waals surface area contributed by atoms with E-state index >= 15 is 0 Å². The van der Waals surface area contributed by atoms with E-state index in [0.29, 0.717) is 5.92 Å². The van der Waals surface area contributed by atoms with Crippen LogP contribution in [0.2, 0.25) is 0 Å². The van der Waals surface area contributed by atoms with Crippen LogP contribution in [0.25, 0.3) is 9.81 Å². The van der Waals surface area contributed by atoms with Crippen molar-refractivity contribution < 1.29 is 0 Å². The van der Waals surface area contributed by atoms with E-state index in [4.69, 9.17) is 0 Å². The average Bonchev–Trinajstić information content (AvgIpc) is 2.55. The summed E-state index contributed by atoms with van der Waals surface area (Å²) in [5, 5.41) is 0. The zero-order valence-electron chi connectivity index (χ0n) is 13.4. The third-order valence-corrected chi connectivity index (χ3v) is 5.18. The second-order valence-electron chi connectivity index (χ2n) is 6.79. The van der Waals surface area contributed by atoms with Gasteiger partial charge in [0.2, 0.25) is 0 Å². The largest absolute Gasteiger partial charge is 0.0895 e. The minimum absolute atomic E-state index is 0.223. The molecule has 0 amide bonds. The molecule has 0 saturated carbocycles. The van der Waals surface area contributed by atoms with Crippen LogP contribution in [0.1, 0.15) is 31.9 Å². The number of rotatable bonds is 2. The molecule has 0 fully saturated rings. The first-order chi connectivity index (χ1) is 10.5. The van der Waals surface area contributed by atoms with Crippen LogP contribution < -0.4 is 0 Å². The second kappa shape index (κ2) is 6.18. The summed E-state index contributed by atoms with van der Waals surface area (Å²) >= 11 is 1.88. The molecule has 0 radical (unpaired) electrons. The Hall–Kier alpha value is -1.73. The first-order valence-corrected chi connectivity index (χ1v) is 8.58. The molecule has 0 spiro atoms. The van der Waals surface area contributed by atoms with Crippen molar-refractivity contribution in [3.8, 4) is 0 Å². The van der Waals surface area contributed by atoms with Crippen molar-refractivity contribution in [2.24, 2.45) is 11.3 Å². The number of thioether (sulfide) groups is 1. The Labute approximate surface area is 138 Å². The summed E-state index contributed by atoms with van der Waals surface area (Å²) in [5.74, 6) is 0.444. The van der Waals surface area contributed by atoms with Crippen molar-refractivity contribution in [2.75, 3.05) is 0 Å². The van der Waals surface area contributed by atoms with Gasteiger partial charge >= 0.3 is 0 Å². The monoisotopic (exact) mass is 306 g/mol. The summed E-state index contributed by atoms with van der Waals surface area (Å²) in [4.78, 5) is 2.73. The summed E-state index contributed by atoms with van der Waals surface area (Å²) in [7, 11) is 0. The lowest BCUT2D eigenvalue weighted by molar-refractivity contribution is 0.345. The maximum absolute atomic E-state index is 2.42. The molecule has 2 aromatic carbocycles. The molecule has 3 rings (SSSR count). The van der Waals surface area contributed by atoms with Crippen LogP contribution in [0.5, 0.6) is 0 Å². The first-order valence-electron chi connectivity index (χ1n) is 7.76. The molecule has 1 aliphatic heterocycles. The SMILES string of the molecule is CC(C)(C)C1C=C(c2ccccc2)SC(c2ccccc2)=C1. The van der Waals surface area contributed by atoms with E-state index in [0.717, 1.165) is 0 Å². The Morgan fingerprint density at radius 3 is 1.45 bits per heavy atom. The smallest absolute Gasteiger partial charge is 0.0161 e. The molecule has 0 N–H and O–H groups in total. The van der Waals surface area contributed by atoms with Gasteiger partial charge in [0.25, 0.3) is 0 Å². The molecule has 0 nitrogen and oxygen atoms in total. The van der Waals surface area contributed by atoms with Crippen LogP contribution in [-0.2, 0) is 0 Å². The highest BCUT2D eigenvalue weighted by Crippen LogP contribution is 2.47. The Bertz CT molecular complexity index is 632. The van der Waals surface area contributed by atoms with Gasteiger partial charge in [-0.2, -0.15) is 0 Å². The summed E-state index contributed by atoms with van der Waals surface area (Å²) in [5.41, 5.74) is 2.84. The third-order valence-electron chi connectivity index (χ3n) is 4.00. The number of allylic oxidation sites excluding steroid dienone is 2. The van der Waals surface area contributed by atoms with Gasteiger partial charge in [-0.3, -0.25) is 0 Å². The van der Waals surface area contributed by atoms with Gasteiger partial charge in [-0.05, 0) is 16.5 Å². The van der Waals surface area contributed by atoms with E-state index < -0.39 is 0 Å². The van der Waals surface area contributed by atoms with Crippen LogP contribution in [0.3, 0.4) is 0 Å². The molecule has 1 aliphatic rings. The summed E-state index contributed by atoms with van der Waals surface area (Å²) in [6.07, 6.45) is 4.85. The summed E-state index contributed by atoms with van der Waals surface area (Å²) in [6.45, 7) is 6.93. The fraction of sp³-hybridized carbons (Fsp3) is 0.238. The molecular formula is C21H22S. The van der Waals surface area contributed by atoms with E-state index in [1.807, 2.05) is 11.8 Å².